The Labute approximate surface area is 173 Å². The molecule has 0 spiro atoms. The molecule has 2 atom stereocenters. The number of nitrogens with one attached hydrogen (secondary N) is 2. The molecule has 2 N–H and O–H groups in total. The summed E-state index contributed by atoms with van der Waals surface area (Å²) in [6.45, 7) is 10.4. The van der Waals surface area contributed by atoms with Crippen LogP contribution in [0.2, 0.25) is 0 Å². The summed E-state index contributed by atoms with van der Waals surface area (Å²) in [6, 6.07) is 10.5. The van der Waals surface area contributed by atoms with Crippen LogP contribution in [0.1, 0.15) is 40.2 Å². The van der Waals surface area contributed by atoms with E-state index in [2.05, 4.69) is 29.7 Å². The number of ether oxygens (including phenoxy) is 2. The standard InChI is InChI=1S/C23H32N2O4/c1-6-28-22(26)20-16(3)21(18(5)25-17(20)4)23(27)29-13-12-24-15(2)14-19-10-8-7-9-11-19/h7-11,15-16,24-25H,6,12-14H2,1-5H3. The van der Waals surface area contributed by atoms with E-state index in [1.54, 1.807) is 6.92 Å². The molecule has 0 fully saturated rings. The highest BCUT2D eigenvalue weighted by Crippen LogP contribution is 2.30. The molecule has 6 heteroatoms. The Morgan fingerprint density at radius 1 is 1.07 bits per heavy atom. The lowest BCUT2D eigenvalue weighted by atomic mass is 9.87. The molecule has 6 nitrogen and oxygen atoms in total. The third-order valence-corrected chi connectivity index (χ3v) is 4.98. The third kappa shape index (κ3) is 6.19. The number of hydrogen-bond acceptors (Lipinski definition) is 6. The van der Waals surface area contributed by atoms with Gasteiger partial charge in [-0.2, -0.15) is 0 Å². The van der Waals surface area contributed by atoms with Crippen LogP contribution in [-0.2, 0) is 25.5 Å². The molecule has 1 aromatic rings. The van der Waals surface area contributed by atoms with Crippen LogP contribution in [0.4, 0.5) is 0 Å². The first-order valence-corrected chi connectivity index (χ1v) is 10.1. The van der Waals surface area contributed by atoms with E-state index >= 15 is 0 Å². The minimum Gasteiger partial charge on any atom is -0.463 e. The van der Waals surface area contributed by atoms with Gasteiger partial charge in [-0.25, -0.2) is 9.59 Å². The van der Waals surface area contributed by atoms with Crippen LogP contribution in [0.3, 0.4) is 0 Å². The Morgan fingerprint density at radius 3 is 2.24 bits per heavy atom. The maximum Gasteiger partial charge on any atom is 0.336 e. The fraction of sp³-hybridized carbons (Fsp3) is 0.478. The molecule has 0 saturated carbocycles. The Bertz CT molecular complexity index is 783. The minimum atomic E-state index is -0.408. The number of hydrogen-bond donors (Lipinski definition) is 2. The van der Waals surface area contributed by atoms with Crippen molar-refractivity contribution in [1.82, 2.24) is 10.6 Å². The first-order valence-electron chi connectivity index (χ1n) is 10.1. The van der Waals surface area contributed by atoms with Gasteiger partial charge < -0.3 is 20.1 Å². The van der Waals surface area contributed by atoms with Crippen molar-refractivity contribution < 1.29 is 19.1 Å². The first kappa shape index (κ1) is 22.7. The zero-order chi connectivity index (χ0) is 21.4. The summed E-state index contributed by atoms with van der Waals surface area (Å²) in [7, 11) is 0. The van der Waals surface area contributed by atoms with Gasteiger partial charge in [-0.15, -0.1) is 0 Å². The van der Waals surface area contributed by atoms with Crippen molar-refractivity contribution in [2.24, 2.45) is 5.92 Å². The lowest BCUT2D eigenvalue weighted by molar-refractivity contribution is -0.140. The van der Waals surface area contributed by atoms with Gasteiger partial charge in [0.15, 0.2) is 0 Å². The van der Waals surface area contributed by atoms with Gasteiger partial charge in [0.05, 0.1) is 17.8 Å². The van der Waals surface area contributed by atoms with Gasteiger partial charge in [0.2, 0.25) is 0 Å². The van der Waals surface area contributed by atoms with E-state index in [4.69, 9.17) is 9.47 Å². The Balaban J connectivity index is 1.86. The largest absolute Gasteiger partial charge is 0.463 e. The predicted octanol–water partition coefficient (Wildman–Crippen LogP) is 3.10. The van der Waals surface area contributed by atoms with Crippen molar-refractivity contribution in [1.29, 1.82) is 0 Å². The number of carbonyl (C=O) groups excluding carboxylic acids is 2. The Hall–Kier alpha value is -2.60. The van der Waals surface area contributed by atoms with Crippen LogP contribution in [0.25, 0.3) is 0 Å². The van der Waals surface area contributed by atoms with Crippen LogP contribution in [0.5, 0.6) is 0 Å². The monoisotopic (exact) mass is 400 g/mol. The molecule has 0 aliphatic carbocycles. The van der Waals surface area contributed by atoms with Crippen molar-refractivity contribution in [2.45, 2.75) is 47.1 Å². The zero-order valence-electron chi connectivity index (χ0n) is 18.0. The number of benzene rings is 1. The molecule has 29 heavy (non-hydrogen) atoms. The topological polar surface area (TPSA) is 76.7 Å². The molecular formula is C23H32N2O4. The van der Waals surface area contributed by atoms with E-state index in [9.17, 15) is 9.59 Å². The molecule has 0 bridgehead atoms. The predicted molar refractivity (Wildman–Crippen MR) is 113 cm³/mol. The van der Waals surface area contributed by atoms with Crippen molar-refractivity contribution >= 4 is 11.9 Å². The summed E-state index contributed by atoms with van der Waals surface area (Å²) in [5.41, 5.74) is 3.62. The molecule has 1 aromatic carbocycles. The molecule has 1 aliphatic heterocycles. The molecule has 1 aliphatic rings. The van der Waals surface area contributed by atoms with E-state index in [1.165, 1.54) is 5.56 Å². The van der Waals surface area contributed by atoms with Crippen molar-refractivity contribution in [2.75, 3.05) is 19.8 Å². The molecule has 158 valence electrons. The third-order valence-electron chi connectivity index (χ3n) is 4.98. The van der Waals surface area contributed by atoms with Crippen LogP contribution in [-0.4, -0.2) is 37.7 Å². The molecule has 0 aromatic heterocycles. The summed E-state index contributed by atoms with van der Waals surface area (Å²) < 4.78 is 10.6. The molecular weight excluding hydrogens is 368 g/mol. The van der Waals surface area contributed by atoms with Gasteiger partial charge in [0.1, 0.15) is 6.61 Å². The summed E-state index contributed by atoms with van der Waals surface area (Å²) >= 11 is 0. The van der Waals surface area contributed by atoms with E-state index in [-0.39, 0.29) is 25.2 Å². The minimum absolute atomic E-state index is 0.263. The molecule has 2 unspecified atom stereocenters. The molecule has 0 amide bonds. The van der Waals surface area contributed by atoms with Gasteiger partial charge in [0, 0.05) is 29.9 Å². The zero-order valence-corrected chi connectivity index (χ0v) is 18.0. The summed E-state index contributed by atoms with van der Waals surface area (Å²) in [5, 5.41) is 6.48. The van der Waals surface area contributed by atoms with Crippen molar-refractivity contribution in [3.8, 4) is 0 Å². The number of esters is 2. The average molecular weight is 401 g/mol. The number of allylic oxidation sites excluding steroid dienone is 2. The summed E-state index contributed by atoms with van der Waals surface area (Å²) in [5.74, 6) is -1.19. The van der Waals surface area contributed by atoms with Crippen LogP contribution in [0, 0.1) is 5.92 Å². The number of rotatable bonds is 9. The maximum atomic E-state index is 12.7. The van der Waals surface area contributed by atoms with Crippen molar-refractivity contribution in [3.63, 3.8) is 0 Å². The number of carbonyl (C=O) groups is 2. The highest BCUT2D eigenvalue weighted by atomic mass is 16.5. The smallest absolute Gasteiger partial charge is 0.336 e. The molecule has 0 radical (unpaired) electrons. The van der Waals surface area contributed by atoms with E-state index < -0.39 is 11.9 Å². The highest BCUT2D eigenvalue weighted by molar-refractivity contribution is 5.97. The SMILES string of the molecule is CCOC(=O)C1=C(C)NC(C)=C(C(=O)OCCNC(C)Cc2ccccc2)C1C. The summed E-state index contributed by atoms with van der Waals surface area (Å²) in [6.07, 6.45) is 0.910. The normalized spacial score (nSPS) is 17.6. The molecule has 0 saturated heterocycles. The molecule has 2 rings (SSSR count). The lowest BCUT2D eigenvalue weighted by Crippen LogP contribution is -2.34. The van der Waals surface area contributed by atoms with Gasteiger partial charge >= 0.3 is 11.9 Å². The van der Waals surface area contributed by atoms with E-state index in [1.807, 2.05) is 39.0 Å². The quantitative estimate of drug-likeness (QED) is 0.490. The van der Waals surface area contributed by atoms with Gasteiger partial charge in [0.25, 0.3) is 0 Å². The van der Waals surface area contributed by atoms with Gasteiger partial charge in [-0.3, -0.25) is 0 Å². The fourth-order valence-electron chi connectivity index (χ4n) is 3.64. The number of dihydropyridines is 1. The second-order valence-corrected chi connectivity index (χ2v) is 7.33. The molecule has 1 heterocycles. The maximum absolute atomic E-state index is 12.7. The highest BCUT2D eigenvalue weighted by Gasteiger charge is 2.33. The second kappa shape index (κ2) is 10.8. The average Bonchev–Trinajstić information content (AvgIpc) is 2.66. The van der Waals surface area contributed by atoms with Crippen molar-refractivity contribution in [3.05, 3.63) is 58.4 Å². The van der Waals surface area contributed by atoms with E-state index in [0.29, 0.717) is 29.1 Å². The Morgan fingerprint density at radius 2 is 1.66 bits per heavy atom. The van der Waals surface area contributed by atoms with Crippen LogP contribution in [0.15, 0.2) is 52.9 Å². The first-order chi connectivity index (χ1) is 13.8. The Kier molecular flexibility index (Phi) is 8.46. The van der Waals surface area contributed by atoms with Gasteiger partial charge in [-0.1, -0.05) is 37.3 Å². The summed E-state index contributed by atoms with van der Waals surface area (Å²) in [4.78, 5) is 24.9. The van der Waals surface area contributed by atoms with Gasteiger partial charge in [-0.05, 0) is 39.7 Å². The van der Waals surface area contributed by atoms with Crippen LogP contribution < -0.4 is 10.6 Å². The fourth-order valence-corrected chi connectivity index (χ4v) is 3.64. The lowest BCUT2D eigenvalue weighted by Gasteiger charge is -2.27. The van der Waals surface area contributed by atoms with E-state index in [0.717, 1.165) is 6.42 Å². The second-order valence-electron chi connectivity index (χ2n) is 7.33. The van der Waals surface area contributed by atoms with Crippen LogP contribution >= 0.6 is 0 Å².